The number of thioether (sulfide) groups is 1. The molecule has 262 valence electrons. The number of hydrogen-bond donors (Lipinski definition) is 2. The van der Waals surface area contributed by atoms with E-state index in [2.05, 4.69) is 24.1 Å². The van der Waals surface area contributed by atoms with E-state index in [9.17, 15) is 9.90 Å². The fourth-order valence-electron chi connectivity index (χ4n) is 6.29. The highest BCUT2D eigenvalue weighted by molar-refractivity contribution is 7.99. The van der Waals surface area contributed by atoms with Crippen LogP contribution in [0.2, 0.25) is 0 Å². The molecule has 0 radical (unpaired) electrons. The molecule has 0 saturated carbocycles. The lowest BCUT2D eigenvalue weighted by molar-refractivity contribution is -0.268. The normalized spacial score (nSPS) is 19.3. The zero-order valence-corrected chi connectivity index (χ0v) is 30.1. The van der Waals surface area contributed by atoms with E-state index in [1.54, 1.807) is 11.8 Å². The molecule has 0 bridgehead atoms. The maximum Gasteiger partial charge on any atom is 0.220 e. The standard InChI is InChI=1S/C41H58N2O4S/c1-3-4-5-6-7-8-9-10-11-12-13-14-15-18-38(45)43-29-33-20-26-36(27-21-33)41-46-37(31-48-39-19-16-17-28-42-39)32(2)40(47-41)35-24-22-34(30-44)23-25-35/h16-17,19-28,32,37,40-41,44H,3-15,18,29-31H2,1-2H3,(H,43,45)/t32-,37+,40+,41?/m0/s1. The van der Waals surface area contributed by atoms with Crippen LogP contribution in [0, 0.1) is 5.92 Å². The Hall–Kier alpha value is -2.71. The van der Waals surface area contributed by atoms with Crippen molar-refractivity contribution < 1.29 is 19.4 Å². The first kappa shape index (κ1) is 38.1. The van der Waals surface area contributed by atoms with Crippen molar-refractivity contribution in [3.05, 3.63) is 95.2 Å². The lowest BCUT2D eigenvalue weighted by Gasteiger charge is -2.41. The lowest BCUT2D eigenvalue weighted by Crippen LogP contribution is -2.38. The quantitative estimate of drug-likeness (QED) is 0.0816. The van der Waals surface area contributed by atoms with Gasteiger partial charge in [-0.25, -0.2) is 4.98 Å². The van der Waals surface area contributed by atoms with Crippen molar-refractivity contribution in [1.29, 1.82) is 0 Å². The van der Waals surface area contributed by atoms with Gasteiger partial charge in [-0.3, -0.25) is 4.79 Å². The predicted molar refractivity (Wildman–Crippen MR) is 197 cm³/mol. The molecule has 4 rings (SSSR count). The molecule has 1 amide bonds. The Morgan fingerprint density at radius 2 is 1.38 bits per heavy atom. The van der Waals surface area contributed by atoms with Gasteiger partial charge in [0.15, 0.2) is 6.29 Å². The molecule has 2 heterocycles. The van der Waals surface area contributed by atoms with Crippen LogP contribution < -0.4 is 5.32 Å². The maximum atomic E-state index is 12.5. The van der Waals surface area contributed by atoms with Gasteiger partial charge < -0.3 is 19.9 Å². The first-order valence-electron chi connectivity index (χ1n) is 18.5. The maximum absolute atomic E-state index is 12.5. The molecular formula is C41H58N2O4S. The van der Waals surface area contributed by atoms with Crippen LogP contribution in [0.5, 0.6) is 0 Å². The van der Waals surface area contributed by atoms with Crippen LogP contribution in [-0.2, 0) is 27.4 Å². The Labute approximate surface area is 293 Å². The number of unbranched alkanes of at least 4 members (excludes halogenated alkanes) is 12. The average Bonchev–Trinajstić information content (AvgIpc) is 3.13. The molecule has 48 heavy (non-hydrogen) atoms. The molecule has 1 unspecified atom stereocenters. The van der Waals surface area contributed by atoms with Crippen molar-refractivity contribution >= 4 is 17.7 Å². The molecule has 1 aliphatic rings. The van der Waals surface area contributed by atoms with Crippen LogP contribution in [0.1, 0.15) is 138 Å². The summed E-state index contributed by atoms with van der Waals surface area (Å²) in [4.78, 5) is 17.0. The van der Waals surface area contributed by atoms with Crippen molar-refractivity contribution in [2.45, 2.75) is 140 Å². The number of nitrogens with one attached hydrogen (secondary N) is 1. The lowest BCUT2D eigenvalue weighted by atomic mass is 9.91. The summed E-state index contributed by atoms with van der Waals surface area (Å²) in [6, 6.07) is 22.1. The number of carbonyl (C=O) groups is 1. The number of aliphatic hydroxyl groups is 1. The number of pyridine rings is 1. The predicted octanol–water partition coefficient (Wildman–Crippen LogP) is 10.3. The molecule has 1 aliphatic heterocycles. The van der Waals surface area contributed by atoms with E-state index in [1.165, 1.54) is 70.6 Å². The topological polar surface area (TPSA) is 80.7 Å². The second-order valence-corrected chi connectivity index (χ2v) is 14.4. The number of aromatic nitrogens is 1. The van der Waals surface area contributed by atoms with Gasteiger partial charge in [-0.05, 0) is 35.2 Å². The number of amides is 1. The largest absolute Gasteiger partial charge is 0.392 e. The first-order valence-corrected chi connectivity index (χ1v) is 19.5. The van der Waals surface area contributed by atoms with Crippen LogP contribution in [0.25, 0.3) is 0 Å². The monoisotopic (exact) mass is 674 g/mol. The Balaban J connectivity index is 1.19. The van der Waals surface area contributed by atoms with Gasteiger partial charge in [-0.15, -0.1) is 11.8 Å². The molecule has 1 aromatic heterocycles. The van der Waals surface area contributed by atoms with Crippen LogP contribution in [0.15, 0.2) is 78.0 Å². The van der Waals surface area contributed by atoms with E-state index in [0.717, 1.165) is 45.9 Å². The van der Waals surface area contributed by atoms with E-state index in [0.29, 0.717) is 13.0 Å². The summed E-state index contributed by atoms with van der Waals surface area (Å²) in [5.41, 5.74) is 3.96. The van der Waals surface area contributed by atoms with Gasteiger partial charge >= 0.3 is 0 Å². The van der Waals surface area contributed by atoms with E-state index in [-0.39, 0.29) is 30.6 Å². The van der Waals surface area contributed by atoms with E-state index in [4.69, 9.17) is 9.47 Å². The second kappa shape index (κ2) is 22.1. The molecule has 2 N–H and O–H groups in total. The Morgan fingerprint density at radius 1 is 0.771 bits per heavy atom. The fourth-order valence-corrected chi connectivity index (χ4v) is 7.32. The molecule has 6 nitrogen and oxygen atoms in total. The van der Waals surface area contributed by atoms with Crippen LogP contribution in [0.3, 0.4) is 0 Å². The summed E-state index contributed by atoms with van der Waals surface area (Å²) in [6.45, 7) is 4.98. The molecule has 4 atom stereocenters. The van der Waals surface area contributed by atoms with Crippen LogP contribution in [0.4, 0.5) is 0 Å². The molecule has 7 heteroatoms. The van der Waals surface area contributed by atoms with Gasteiger partial charge in [-0.2, -0.15) is 0 Å². The van der Waals surface area contributed by atoms with Gasteiger partial charge in [0, 0.05) is 36.4 Å². The van der Waals surface area contributed by atoms with Crippen molar-refractivity contribution in [3.63, 3.8) is 0 Å². The molecule has 3 aromatic rings. The number of nitrogens with zero attached hydrogens (tertiary/aromatic N) is 1. The summed E-state index contributed by atoms with van der Waals surface area (Å²) in [5, 5.41) is 13.6. The van der Waals surface area contributed by atoms with Gasteiger partial charge in [0.25, 0.3) is 0 Å². The number of hydrogen-bond acceptors (Lipinski definition) is 6. The third-order valence-electron chi connectivity index (χ3n) is 9.41. The minimum Gasteiger partial charge on any atom is -0.392 e. The van der Waals surface area contributed by atoms with E-state index >= 15 is 0 Å². The summed E-state index contributed by atoms with van der Waals surface area (Å²) in [6.07, 6.45) is 18.7. The Morgan fingerprint density at radius 3 is 1.98 bits per heavy atom. The highest BCUT2D eigenvalue weighted by Gasteiger charge is 2.38. The third kappa shape index (κ3) is 13.3. The minimum atomic E-state index is -0.516. The van der Waals surface area contributed by atoms with Crippen molar-refractivity contribution in [3.8, 4) is 0 Å². The Kier molecular flexibility index (Phi) is 17.5. The molecule has 1 fully saturated rings. The van der Waals surface area contributed by atoms with E-state index in [1.807, 2.05) is 72.9 Å². The van der Waals surface area contributed by atoms with Gasteiger partial charge in [-0.1, -0.05) is 145 Å². The highest BCUT2D eigenvalue weighted by atomic mass is 32.2. The summed E-state index contributed by atoms with van der Waals surface area (Å²) in [7, 11) is 0. The van der Waals surface area contributed by atoms with Crippen LogP contribution >= 0.6 is 11.8 Å². The van der Waals surface area contributed by atoms with Crippen molar-refractivity contribution in [2.75, 3.05) is 5.75 Å². The third-order valence-corrected chi connectivity index (χ3v) is 10.4. The smallest absolute Gasteiger partial charge is 0.220 e. The number of ether oxygens (including phenoxy) is 2. The second-order valence-electron chi connectivity index (χ2n) is 13.3. The van der Waals surface area contributed by atoms with Crippen LogP contribution in [-0.4, -0.2) is 27.9 Å². The zero-order chi connectivity index (χ0) is 33.8. The molecule has 2 aromatic carbocycles. The van der Waals surface area contributed by atoms with E-state index < -0.39 is 6.29 Å². The fraction of sp³-hybridized carbons (Fsp3) is 0.561. The molecule has 0 spiro atoms. The SMILES string of the molecule is CCCCCCCCCCCCCCCC(=O)NCc1ccc(C2O[C@H](CSc3ccccn3)[C@H](C)[C@H](c3ccc(CO)cc3)O2)cc1. The van der Waals surface area contributed by atoms with Crippen molar-refractivity contribution in [1.82, 2.24) is 10.3 Å². The zero-order valence-electron chi connectivity index (χ0n) is 29.3. The number of aliphatic hydroxyl groups excluding tert-OH is 1. The summed E-state index contributed by atoms with van der Waals surface area (Å²) < 4.78 is 13.2. The number of rotatable bonds is 22. The average molecular weight is 675 g/mol. The number of benzene rings is 2. The van der Waals surface area contributed by atoms with Crippen molar-refractivity contribution in [2.24, 2.45) is 5.92 Å². The Bertz CT molecular complexity index is 1290. The first-order chi connectivity index (χ1) is 23.6. The van der Waals surface area contributed by atoms with Gasteiger partial charge in [0.05, 0.1) is 23.8 Å². The minimum absolute atomic E-state index is 0.0165. The summed E-state index contributed by atoms with van der Waals surface area (Å²) >= 11 is 1.69. The molecule has 0 aliphatic carbocycles. The number of carbonyl (C=O) groups excluding carboxylic acids is 1. The molecular weight excluding hydrogens is 617 g/mol. The summed E-state index contributed by atoms with van der Waals surface area (Å²) in [5.74, 6) is 0.993. The highest BCUT2D eigenvalue weighted by Crippen LogP contribution is 2.43. The van der Waals surface area contributed by atoms with Gasteiger partial charge in [0.1, 0.15) is 0 Å². The van der Waals surface area contributed by atoms with Gasteiger partial charge in [0.2, 0.25) is 5.91 Å². The molecule has 1 saturated heterocycles.